The van der Waals surface area contributed by atoms with Crippen molar-refractivity contribution in [1.82, 2.24) is 14.8 Å². The summed E-state index contributed by atoms with van der Waals surface area (Å²) in [5.74, 6) is 0.219. The molecule has 1 fully saturated rings. The van der Waals surface area contributed by atoms with Crippen LogP contribution in [0.1, 0.15) is 15.9 Å². The number of rotatable bonds is 3. The van der Waals surface area contributed by atoms with E-state index in [-0.39, 0.29) is 11.6 Å². The number of aromatic nitrogens is 1. The summed E-state index contributed by atoms with van der Waals surface area (Å²) >= 11 is 0. The van der Waals surface area contributed by atoms with Gasteiger partial charge >= 0.3 is 6.18 Å². The number of benzene rings is 1. The van der Waals surface area contributed by atoms with Gasteiger partial charge in [-0.3, -0.25) is 4.79 Å². The van der Waals surface area contributed by atoms with Crippen molar-refractivity contribution in [3.8, 4) is 0 Å². The summed E-state index contributed by atoms with van der Waals surface area (Å²) in [6.45, 7) is 2.92. The number of piperazine rings is 1. The van der Waals surface area contributed by atoms with Crippen LogP contribution >= 0.6 is 0 Å². The lowest BCUT2D eigenvalue weighted by molar-refractivity contribution is -0.137. The highest BCUT2D eigenvalue weighted by atomic mass is 19.4. The SMILES string of the molecule is CN1CCN(C(=O)c2ccnc(Nc3cccc(C(F)(F)F)c3)c2)CC1. The first-order chi connectivity index (χ1) is 12.3. The zero-order chi connectivity index (χ0) is 18.7. The van der Waals surface area contributed by atoms with Crippen molar-refractivity contribution in [3.05, 3.63) is 53.7 Å². The van der Waals surface area contributed by atoms with Crippen molar-refractivity contribution in [1.29, 1.82) is 0 Å². The number of alkyl halides is 3. The summed E-state index contributed by atoms with van der Waals surface area (Å²) in [6, 6.07) is 8.03. The highest BCUT2D eigenvalue weighted by Gasteiger charge is 2.30. The third-order valence-corrected chi connectivity index (χ3v) is 4.26. The van der Waals surface area contributed by atoms with E-state index >= 15 is 0 Å². The molecule has 0 atom stereocenters. The number of hydrogen-bond donors (Lipinski definition) is 1. The molecule has 2 aromatic rings. The lowest BCUT2D eigenvalue weighted by Crippen LogP contribution is -2.47. The first kappa shape index (κ1) is 18.2. The number of nitrogens with one attached hydrogen (secondary N) is 1. The number of hydrogen-bond acceptors (Lipinski definition) is 4. The van der Waals surface area contributed by atoms with E-state index < -0.39 is 11.7 Å². The van der Waals surface area contributed by atoms with E-state index in [1.807, 2.05) is 7.05 Å². The van der Waals surface area contributed by atoms with Gasteiger partial charge in [0.05, 0.1) is 5.56 Å². The number of likely N-dealkylation sites (N-methyl/N-ethyl adjacent to an activating group) is 1. The molecule has 3 rings (SSSR count). The number of pyridine rings is 1. The number of amides is 1. The second kappa shape index (κ2) is 7.33. The van der Waals surface area contributed by atoms with E-state index in [9.17, 15) is 18.0 Å². The van der Waals surface area contributed by atoms with Gasteiger partial charge < -0.3 is 15.1 Å². The molecule has 0 spiro atoms. The Bertz CT molecular complexity index is 786. The minimum absolute atomic E-state index is 0.104. The Hall–Kier alpha value is -2.61. The Morgan fingerprint density at radius 1 is 1.12 bits per heavy atom. The fourth-order valence-electron chi connectivity index (χ4n) is 2.75. The van der Waals surface area contributed by atoms with Gasteiger partial charge in [-0.1, -0.05) is 6.07 Å². The van der Waals surface area contributed by atoms with Crippen molar-refractivity contribution >= 4 is 17.4 Å². The fraction of sp³-hybridized carbons (Fsp3) is 0.333. The predicted octanol–water partition coefficient (Wildman–Crippen LogP) is 3.23. The number of carbonyl (C=O) groups excluding carboxylic acids is 1. The van der Waals surface area contributed by atoms with E-state index in [0.29, 0.717) is 24.5 Å². The molecule has 0 bridgehead atoms. The van der Waals surface area contributed by atoms with Crippen LogP contribution in [-0.2, 0) is 6.18 Å². The van der Waals surface area contributed by atoms with Crippen LogP contribution < -0.4 is 5.32 Å². The van der Waals surface area contributed by atoms with Gasteiger partial charge in [-0.15, -0.1) is 0 Å². The van der Waals surface area contributed by atoms with Gasteiger partial charge in [-0.25, -0.2) is 4.98 Å². The van der Waals surface area contributed by atoms with Crippen LogP contribution in [0.15, 0.2) is 42.6 Å². The lowest BCUT2D eigenvalue weighted by atomic mass is 10.2. The Kier molecular flexibility index (Phi) is 5.13. The van der Waals surface area contributed by atoms with Crippen molar-refractivity contribution in [3.63, 3.8) is 0 Å². The largest absolute Gasteiger partial charge is 0.416 e. The Balaban J connectivity index is 1.74. The third kappa shape index (κ3) is 4.32. The van der Waals surface area contributed by atoms with Gasteiger partial charge in [0.2, 0.25) is 0 Å². The molecule has 1 aliphatic heterocycles. The Morgan fingerprint density at radius 3 is 2.54 bits per heavy atom. The maximum atomic E-state index is 12.8. The van der Waals surface area contributed by atoms with Crippen LogP contribution in [0.3, 0.4) is 0 Å². The van der Waals surface area contributed by atoms with E-state index in [0.717, 1.165) is 25.2 Å². The summed E-state index contributed by atoms with van der Waals surface area (Å²) in [5.41, 5.74) is -0.0253. The summed E-state index contributed by atoms with van der Waals surface area (Å²) in [5, 5.41) is 2.83. The molecule has 138 valence electrons. The molecule has 1 amide bonds. The molecular formula is C18H19F3N4O. The van der Waals surface area contributed by atoms with Crippen LogP contribution in [0.5, 0.6) is 0 Å². The normalized spacial score (nSPS) is 15.8. The number of halogens is 3. The predicted molar refractivity (Wildman–Crippen MR) is 92.4 cm³/mol. The minimum Gasteiger partial charge on any atom is -0.340 e. The third-order valence-electron chi connectivity index (χ3n) is 4.26. The molecule has 2 heterocycles. The number of anilines is 2. The smallest absolute Gasteiger partial charge is 0.340 e. The van der Waals surface area contributed by atoms with Crippen molar-refractivity contribution in [2.45, 2.75) is 6.18 Å². The minimum atomic E-state index is -4.41. The average molecular weight is 364 g/mol. The molecule has 0 aliphatic carbocycles. The maximum absolute atomic E-state index is 12.8. The molecule has 8 heteroatoms. The van der Waals surface area contributed by atoms with Crippen LogP contribution in [0.25, 0.3) is 0 Å². The molecule has 26 heavy (non-hydrogen) atoms. The monoisotopic (exact) mass is 364 g/mol. The summed E-state index contributed by atoms with van der Waals surface area (Å²) in [6.07, 6.45) is -2.94. The van der Waals surface area contributed by atoms with Gasteiger partial charge in [0.15, 0.2) is 0 Å². The van der Waals surface area contributed by atoms with Gasteiger partial charge in [0.25, 0.3) is 5.91 Å². The van der Waals surface area contributed by atoms with E-state index in [1.54, 1.807) is 17.0 Å². The van der Waals surface area contributed by atoms with Crippen LogP contribution in [0, 0.1) is 0 Å². The van der Waals surface area contributed by atoms with Gasteiger partial charge in [0, 0.05) is 43.6 Å². The quantitative estimate of drug-likeness (QED) is 0.909. The molecule has 1 saturated heterocycles. The van der Waals surface area contributed by atoms with Crippen LogP contribution in [-0.4, -0.2) is 53.9 Å². The molecule has 1 aromatic carbocycles. The average Bonchev–Trinajstić information content (AvgIpc) is 2.61. The number of nitrogens with zero attached hydrogens (tertiary/aromatic N) is 3. The van der Waals surface area contributed by atoms with Gasteiger partial charge in [-0.2, -0.15) is 13.2 Å². The number of carbonyl (C=O) groups is 1. The summed E-state index contributed by atoms with van der Waals surface area (Å²) in [7, 11) is 2.01. The fourth-order valence-corrected chi connectivity index (χ4v) is 2.75. The van der Waals surface area contributed by atoms with Crippen LogP contribution in [0.4, 0.5) is 24.7 Å². The van der Waals surface area contributed by atoms with Crippen LogP contribution in [0.2, 0.25) is 0 Å². The Morgan fingerprint density at radius 2 is 1.85 bits per heavy atom. The lowest BCUT2D eigenvalue weighted by Gasteiger charge is -2.32. The van der Waals surface area contributed by atoms with Crippen molar-refractivity contribution < 1.29 is 18.0 Å². The molecule has 5 nitrogen and oxygen atoms in total. The molecule has 0 unspecified atom stereocenters. The topological polar surface area (TPSA) is 48.5 Å². The molecule has 1 aromatic heterocycles. The van der Waals surface area contributed by atoms with E-state index in [2.05, 4.69) is 15.2 Å². The second-order valence-electron chi connectivity index (χ2n) is 6.23. The van der Waals surface area contributed by atoms with E-state index in [1.165, 1.54) is 18.3 Å². The van der Waals surface area contributed by atoms with E-state index in [4.69, 9.17) is 0 Å². The van der Waals surface area contributed by atoms with Crippen molar-refractivity contribution in [2.75, 3.05) is 38.5 Å². The highest BCUT2D eigenvalue weighted by molar-refractivity contribution is 5.95. The molecule has 0 radical (unpaired) electrons. The van der Waals surface area contributed by atoms with Gasteiger partial charge in [-0.05, 0) is 37.4 Å². The summed E-state index contributed by atoms with van der Waals surface area (Å²) < 4.78 is 38.4. The first-order valence-corrected chi connectivity index (χ1v) is 8.21. The second-order valence-corrected chi connectivity index (χ2v) is 6.23. The zero-order valence-corrected chi connectivity index (χ0v) is 14.3. The molecule has 0 saturated carbocycles. The molecular weight excluding hydrogens is 345 g/mol. The van der Waals surface area contributed by atoms with Gasteiger partial charge in [0.1, 0.15) is 5.82 Å². The molecule has 1 aliphatic rings. The van der Waals surface area contributed by atoms with Crippen molar-refractivity contribution in [2.24, 2.45) is 0 Å². The standard InChI is InChI=1S/C18H19F3N4O/c1-24-7-9-25(10-8-24)17(26)13-5-6-22-16(11-13)23-15-4-2-3-14(12-15)18(19,20)21/h2-6,11-12H,7-10H2,1H3,(H,22,23). The maximum Gasteiger partial charge on any atom is 0.416 e. The molecule has 1 N–H and O–H groups in total. The first-order valence-electron chi connectivity index (χ1n) is 8.21. The summed E-state index contributed by atoms with van der Waals surface area (Å²) in [4.78, 5) is 20.6. The Labute approximate surface area is 149 Å². The highest BCUT2D eigenvalue weighted by Crippen LogP contribution is 2.31. The zero-order valence-electron chi connectivity index (χ0n) is 14.3.